The minimum atomic E-state index is -0.996. The molecule has 170 valence electrons. The van der Waals surface area contributed by atoms with Crippen LogP contribution in [0.4, 0.5) is 0 Å². The normalized spacial score (nSPS) is 12.0. The summed E-state index contributed by atoms with van der Waals surface area (Å²) in [5.41, 5.74) is 2.06. The molecule has 0 saturated heterocycles. The van der Waals surface area contributed by atoms with Crippen LogP contribution in [0.1, 0.15) is 16.7 Å². The zero-order valence-corrected chi connectivity index (χ0v) is 17.9. The Kier molecular flexibility index (Phi) is 9.96. The van der Waals surface area contributed by atoms with Crippen molar-refractivity contribution in [2.45, 2.75) is 12.7 Å². The molecule has 2 rings (SSSR count). The fourth-order valence-corrected chi connectivity index (χ4v) is 2.59. The van der Waals surface area contributed by atoms with E-state index in [9.17, 15) is 19.8 Å². The van der Waals surface area contributed by atoms with Crippen LogP contribution < -0.4 is 9.47 Å². The van der Waals surface area contributed by atoms with Crippen molar-refractivity contribution < 1.29 is 38.7 Å². The molecule has 0 saturated carbocycles. The fraction of sp³-hybridized carbons (Fsp3) is 0.250. The second-order valence-corrected chi connectivity index (χ2v) is 6.54. The number of aliphatic hydroxyl groups excluding tert-OH is 2. The molecule has 0 amide bonds. The first kappa shape index (κ1) is 24.6. The molecule has 8 nitrogen and oxygen atoms in total. The van der Waals surface area contributed by atoms with E-state index in [-0.39, 0.29) is 13.2 Å². The lowest BCUT2D eigenvalue weighted by molar-refractivity contribution is -0.154. The smallest absolute Gasteiger partial charge is 0.331 e. The van der Waals surface area contributed by atoms with Gasteiger partial charge in [0.15, 0.2) is 6.10 Å². The standard InChI is InChI=1S/C24H26O8/c1-29-20-9-4-17(5-10-20)6-12-24(28)32-21(15-26)16-31-23(27)11-7-18-3-8-19(14-25)22(13-18)30-2/h3-13,21,25-26H,14-16H2,1-2H3/b11-7+,12-6+. The molecule has 32 heavy (non-hydrogen) atoms. The zero-order chi connectivity index (χ0) is 23.3. The molecule has 0 bridgehead atoms. The Balaban J connectivity index is 1.84. The van der Waals surface area contributed by atoms with E-state index >= 15 is 0 Å². The quantitative estimate of drug-likeness (QED) is 0.403. The predicted octanol–water partition coefficient (Wildman–Crippen LogP) is 2.37. The molecule has 2 N–H and O–H groups in total. The van der Waals surface area contributed by atoms with Gasteiger partial charge in [-0.1, -0.05) is 24.3 Å². The highest BCUT2D eigenvalue weighted by atomic mass is 16.6. The molecule has 0 radical (unpaired) electrons. The predicted molar refractivity (Wildman–Crippen MR) is 118 cm³/mol. The summed E-state index contributed by atoms with van der Waals surface area (Å²) in [5, 5.41) is 18.6. The Hall–Kier alpha value is -3.62. The molecule has 0 aliphatic heterocycles. The summed E-state index contributed by atoms with van der Waals surface area (Å²) in [6.07, 6.45) is 4.50. The molecule has 1 atom stereocenters. The second kappa shape index (κ2) is 12.9. The van der Waals surface area contributed by atoms with Crippen LogP contribution in [0.25, 0.3) is 12.2 Å². The molecule has 0 heterocycles. The van der Waals surface area contributed by atoms with Crippen LogP contribution in [0.3, 0.4) is 0 Å². The Labute approximate surface area is 186 Å². The molecule has 0 aromatic heterocycles. The maximum Gasteiger partial charge on any atom is 0.331 e. The highest BCUT2D eigenvalue weighted by Gasteiger charge is 2.14. The van der Waals surface area contributed by atoms with Crippen molar-refractivity contribution in [3.8, 4) is 11.5 Å². The van der Waals surface area contributed by atoms with E-state index in [4.69, 9.17) is 18.9 Å². The van der Waals surface area contributed by atoms with E-state index in [1.165, 1.54) is 25.3 Å². The number of aliphatic hydroxyl groups is 2. The Morgan fingerprint density at radius 3 is 2.19 bits per heavy atom. The van der Waals surface area contributed by atoms with Gasteiger partial charge in [-0.05, 0) is 41.5 Å². The highest BCUT2D eigenvalue weighted by Crippen LogP contribution is 2.21. The fourth-order valence-electron chi connectivity index (χ4n) is 2.59. The molecule has 0 aliphatic carbocycles. The summed E-state index contributed by atoms with van der Waals surface area (Å²) in [5.74, 6) is -0.152. The average molecular weight is 442 g/mol. The topological polar surface area (TPSA) is 112 Å². The van der Waals surface area contributed by atoms with Crippen LogP contribution in [0, 0.1) is 0 Å². The number of benzene rings is 2. The number of carbonyl (C=O) groups is 2. The highest BCUT2D eigenvalue weighted by molar-refractivity contribution is 5.88. The van der Waals surface area contributed by atoms with Gasteiger partial charge in [-0.25, -0.2) is 9.59 Å². The number of methoxy groups -OCH3 is 2. The maximum absolute atomic E-state index is 11.9. The van der Waals surface area contributed by atoms with Gasteiger partial charge in [-0.2, -0.15) is 0 Å². The van der Waals surface area contributed by atoms with Crippen molar-refractivity contribution in [2.75, 3.05) is 27.4 Å². The third-order valence-corrected chi connectivity index (χ3v) is 4.32. The molecule has 0 fully saturated rings. The van der Waals surface area contributed by atoms with Crippen molar-refractivity contribution in [2.24, 2.45) is 0 Å². The monoisotopic (exact) mass is 442 g/mol. The van der Waals surface area contributed by atoms with Crippen LogP contribution in [0.15, 0.2) is 54.6 Å². The molecular formula is C24H26O8. The molecule has 0 spiro atoms. The second-order valence-electron chi connectivity index (χ2n) is 6.54. The van der Waals surface area contributed by atoms with Gasteiger partial charge in [-0.3, -0.25) is 0 Å². The van der Waals surface area contributed by atoms with Crippen LogP contribution in [0.5, 0.6) is 11.5 Å². The number of esters is 2. The SMILES string of the molecule is COc1ccc(/C=C/C(=O)OC(CO)COC(=O)/C=C/c2ccc(CO)c(OC)c2)cc1. The minimum Gasteiger partial charge on any atom is -0.497 e. The third-order valence-electron chi connectivity index (χ3n) is 4.32. The van der Waals surface area contributed by atoms with Crippen molar-refractivity contribution >= 4 is 24.1 Å². The first-order valence-corrected chi connectivity index (χ1v) is 9.75. The van der Waals surface area contributed by atoms with E-state index < -0.39 is 24.6 Å². The minimum absolute atomic E-state index is 0.161. The van der Waals surface area contributed by atoms with Crippen LogP contribution in [-0.4, -0.2) is 55.7 Å². The molecule has 2 aromatic carbocycles. The number of hydrogen-bond acceptors (Lipinski definition) is 8. The van der Waals surface area contributed by atoms with Gasteiger partial charge in [-0.15, -0.1) is 0 Å². The van der Waals surface area contributed by atoms with Gasteiger partial charge in [0.25, 0.3) is 0 Å². The van der Waals surface area contributed by atoms with Gasteiger partial charge in [0.1, 0.15) is 18.1 Å². The Bertz CT molecular complexity index is 947. The van der Waals surface area contributed by atoms with Gasteiger partial charge >= 0.3 is 11.9 Å². The van der Waals surface area contributed by atoms with Crippen molar-refractivity contribution in [1.82, 2.24) is 0 Å². The molecule has 1 unspecified atom stereocenters. The lowest BCUT2D eigenvalue weighted by Crippen LogP contribution is -2.27. The van der Waals surface area contributed by atoms with E-state index in [1.807, 2.05) is 0 Å². The van der Waals surface area contributed by atoms with Gasteiger partial charge in [0.2, 0.25) is 0 Å². The number of hydrogen-bond donors (Lipinski definition) is 2. The summed E-state index contributed by atoms with van der Waals surface area (Å²) in [7, 11) is 3.05. The molecular weight excluding hydrogens is 416 g/mol. The van der Waals surface area contributed by atoms with E-state index in [1.54, 1.807) is 55.7 Å². The zero-order valence-electron chi connectivity index (χ0n) is 17.9. The first-order chi connectivity index (χ1) is 15.5. The summed E-state index contributed by atoms with van der Waals surface area (Å²) in [6, 6.07) is 12.1. The summed E-state index contributed by atoms with van der Waals surface area (Å²) < 4.78 is 20.4. The van der Waals surface area contributed by atoms with Gasteiger partial charge in [0, 0.05) is 17.7 Å². The van der Waals surface area contributed by atoms with Crippen LogP contribution >= 0.6 is 0 Å². The third kappa shape index (κ3) is 7.90. The summed E-state index contributed by atoms with van der Waals surface area (Å²) in [6.45, 7) is -0.959. The molecule has 0 aliphatic rings. The van der Waals surface area contributed by atoms with Crippen LogP contribution in [0.2, 0.25) is 0 Å². The largest absolute Gasteiger partial charge is 0.497 e. The number of rotatable bonds is 11. The van der Waals surface area contributed by atoms with E-state index in [0.29, 0.717) is 22.6 Å². The lowest BCUT2D eigenvalue weighted by atomic mass is 10.1. The van der Waals surface area contributed by atoms with Gasteiger partial charge in [0.05, 0.1) is 27.4 Å². The maximum atomic E-state index is 11.9. The summed E-state index contributed by atoms with van der Waals surface area (Å²) >= 11 is 0. The first-order valence-electron chi connectivity index (χ1n) is 9.75. The van der Waals surface area contributed by atoms with E-state index in [0.717, 1.165) is 5.56 Å². The molecule has 2 aromatic rings. The van der Waals surface area contributed by atoms with E-state index in [2.05, 4.69) is 0 Å². The number of ether oxygens (including phenoxy) is 4. The van der Waals surface area contributed by atoms with Crippen molar-refractivity contribution in [3.63, 3.8) is 0 Å². The Morgan fingerprint density at radius 1 is 0.906 bits per heavy atom. The Morgan fingerprint density at radius 2 is 1.56 bits per heavy atom. The summed E-state index contributed by atoms with van der Waals surface area (Å²) in [4.78, 5) is 23.9. The van der Waals surface area contributed by atoms with Gasteiger partial charge < -0.3 is 29.2 Å². The number of carbonyl (C=O) groups excluding carboxylic acids is 2. The lowest BCUT2D eigenvalue weighted by Gasteiger charge is -2.13. The van der Waals surface area contributed by atoms with Crippen molar-refractivity contribution in [3.05, 3.63) is 71.3 Å². The van der Waals surface area contributed by atoms with Crippen molar-refractivity contribution in [1.29, 1.82) is 0 Å². The van der Waals surface area contributed by atoms with Crippen LogP contribution in [-0.2, 0) is 25.7 Å². The molecule has 8 heteroatoms. The average Bonchev–Trinajstić information content (AvgIpc) is 2.83.